The minimum atomic E-state index is -2.47. The molecule has 0 aromatic carbocycles. The molecule has 3 nitrogen and oxygen atoms in total. The van der Waals surface area contributed by atoms with E-state index in [1.807, 2.05) is 0 Å². The van der Waals surface area contributed by atoms with Gasteiger partial charge in [0.2, 0.25) is 6.43 Å². The Morgan fingerprint density at radius 1 is 1.50 bits per heavy atom. The Bertz CT molecular complexity index is 118. The number of nitrogens with two attached hydrogens (primary N) is 1. The highest BCUT2D eigenvalue weighted by molar-refractivity contribution is 5.72. The van der Waals surface area contributed by atoms with E-state index >= 15 is 0 Å². The van der Waals surface area contributed by atoms with Gasteiger partial charge in [0.05, 0.1) is 0 Å². The molecule has 5 heteroatoms. The summed E-state index contributed by atoms with van der Waals surface area (Å²) in [5.41, 5.74) is 4.93. The van der Waals surface area contributed by atoms with Crippen LogP contribution in [0.25, 0.3) is 0 Å². The van der Waals surface area contributed by atoms with Crippen molar-refractivity contribution in [3.63, 3.8) is 0 Å². The van der Waals surface area contributed by atoms with Crippen molar-refractivity contribution >= 4 is 5.97 Å². The highest BCUT2D eigenvalue weighted by Crippen LogP contribution is 2.04. The number of rotatable bonds is 4. The lowest BCUT2D eigenvalue weighted by atomic mass is 10.2. The normalized spacial score (nSPS) is 13.6. The van der Waals surface area contributed by atoms with Crippen molar-refractivity contribution in [2.75, 3.05) is 0 Å². The SMILES string of the molecule is NC(CCC(F)F)C(=O)O. The van der Waals surface area contributed by atoms with E-state index in [1.54, 1.807) is 0 Å². The maximum atomic E-state index is 11.4. The first-order valence-corrected chi connectivity index (χ1v) is 2.80. The van der Waals surface area contributed by atoms with E-state index in [0.717, 1.165) is 0 Å². The lowest BCUT2D eigenvalue weighted by Gasteiger charge is -2.03. The van der Waals surface area contributed by atoms with Gasteiger partial charge < -0.3 is 10.8 Å². The first-order valence-electron chi connectivity index (χ1n) is 2.80. The zero-order valence-electron chi connectivity index (χ0n) is 5.26. The Kier molecular flexibility index (Phi) is 3.87. The molecule has 3 N–H and O–H groups in total. The number of hydrogen-bond donors (Lipinski definition) is 2. The smallest absolute Gasteiger partial charge is 0.320 e. The fraction of sp³-hybridized carbons (Fsp3) is 0.800. The van der Waals surface area contributed by atoms with Gasteiger partial charge in [0.15, 0.2) is 0 Å². The van der Waals surface area contributed by atoms with Crippen LogP contribution in [0.3, 0.4) is 0 Å². The van der Waals surface area contributed by atoms with E-state index in [4.69, 9.17) is 10.8 Å². The average molecular weight is 153 g/mol. The average Bonchev–Trinajstić information content (AvgIpc) is 1.82. The van der Waals surface area contributed by atoms with Gasteiger partial charge in [0.25, 0.3) is 0 Å². The van der Waals surface area contributed by atoms with Gasteiger partial charge in [-0.1, -0.05) is 0 Å². The van der Waals surface area contributed by atoms with E-state index in [2.05, 4.69) is 0 Å². The van der Waals surface area contributed by atoms with E-state index in [1.165, 1.54) is 0 Å². The van der Waals surface area contributed by atoms with Crippen molar-refractivity contribution < 1.29 is 18.7 Å². The summed E-state index contributed by atoms with van der Waals surface area (Å²) >= 11 is 0. The van der Waals surface area contributed by atoms with Crippen LogP contribution in [0.15, 0.2) is 0 Å². The molecule has 0 aliphatic carbocycles. The summed E-state index contributed by atoms with van der Waals surface area (Å²) < 4.78 is 22.8. The lowest BCUT2D eigenvalue weighted by molar-refractivity contribution is -0.138. The second-order valence-corrected chi connectivity index (χ2v) is 1.91. The topological polar surface area (TPSA) is 63.3 Å². The minimum Gasteiger partial charge on any atom is -0.480 e. The van der Waals surface area contributed by atoms with Gasteiger partial charge in [0.1, 0.15) is 6.04 Å². The highest BCUT2D eigenvalue weighted by atomic mass is 19.3. The van der Waals surface area contributed by atoms with Crippen molar-refractivity contribution in [2.45, 2.75) is 25.3 Å². The molecule has 0 radical (unpaired) electrons. The monoisotopic (exact) mass is 153 g/mol. The fourth-order valence-electron chi connectivity index (χ4n) is 0.429. The number of aliphatic carboxylic acids is 1. The first kappa shape index (κ1) is 9.29. The van der Waals surface area contributed by atoms with Gasteiger partial charge in [-0.15, -0.1) is 0 Å². The van der Waals surface area contributed by atoms with Crippen LogP contribution in [0.5, 0.6) is 0 Å². The molecular weight excluding hydrogens is 144 g/mol. The molecule has 0 aliphatic rings. The van der Waals surface area contributed by atoms with Crippen molar-refractivity contribution in [1.29, 1.82) is 0 Å². The third kappa shape index (κ3) is 4.20. The summed E-state index contributed by atoms with van der Waals surface area (Å²) in [5.74, 6) is -1.24. The van der Waals surface area contributed by atoms with Gasteiger partial charge in [0, 0.05) is 6.42 Å². The molecule has 0 fully saturated rings. The Balaban J connectivity index is 3.40. The highest BCUT2D eigenvalue weighted by Gasteiger charge is 2.13. The number of carboxylic acid groups (broad SMARTS) is 1. The predicted molar refractivity (Wildman–Crippen MR) is 30.8 cm³/mol. The van der Waals surface area contributed by atoms with Crippen LogP contribution in [0, 0.1) is 0 Å². The van der Waals surface area contributed by atoms with Crippen LogP contribution in [-0.4, -0.2) is 23.5 Å². The van der Waals surface area contributed by atoms with Gasteiger partial charge in [-0.3, -0.25) is 4.79 Å². The summed E-state index contributed by atoms with van der Waals surface area (Å²) in [7, 11) is 0. The summed E-state index contributed by atoms with van der Waals surface area (Å²) in [6.07, 6.45) is -3.09. The fourth-order valence-corrected chi connectivity index (χ4v) is 0.429. The Labute approximate surface area is 56.8 Å². The number of carboxylic acids is 1. The molecule has 10 heavy (non-hydrogen) atoms. The number of alkyl halides is 2. The third-order valence-electron chi connectivity index (χ3n) is 1.01. The van der Waals surface area contributed by atoms with Crippen LogP contribution >= 0.6 is 0 Å². The minimum absolute atomic E-state index is 0.174. The molecule has 0 saturated heterocycles. The van der Waals surface area contributed by atoms with Crippen LogP contribution in [0.1, 0.15) is 12.8 Å². The molecular formula is C5H9F2NO2. The van der Waals surface area contributed by atoms with Gasteiger partial charge in [-0.05, 0) is 6.42 Å². The number of carbonyl (C=O) groups is 1. The molecule has 0 spiro atoms. The molecule has 0 saturated carbocycles. The van der Waals surface area contributed by atoms with Crippen molar-refractivity contribution in [3.8, 4) is 0 Å². The molecule has 0 aromatic heterocycles. The van der Waals surface area contributed by atoms with Crippen LogP contribution < -0.4 is 5.73 Å². The molecule has 60 valence electrons. The molecule has 0 aliphatic heterocycles. The molecule has 1 atom stereocenters. The largest absolute Gasteiger partial charge is 0.480 e. The van der Waals surface area contributed by atoms with E-state index in [0.29, 0.717) is 0 Å². The predicted octanol–water partition coefficient (Wildman–Crippen LogP) is 0.444. The summed E-state index contributed by atoms with van der Waals surface area (Å²) in [4.78, 5) is 9.94. The van der Waals surface area contributed by atoms with E-state index in [-0.39, 0.29) is 6.42 Å². The second kappa shape index (κ2) is 4.16. The quantitative estimate of drug-likeness (QED) is 0.616. The van der Waals surface area contributed by atoms with Crippen molar-refractivity contribution in [3.05, 3.63) is 0 Å². The maximum absolute atomic E-state index is 11.4. The zero-order chi connectivity index (χ0) is 8.15. The van der Waals surface area contributed by atoms with Gasteiger partial charge in [-0.2, -0.15) is 0 Å². The lowest BCUT2D eigenvalue weighted by Crippen LogP contribution is -2.30. The Morgan fingerprint density at radius 2 is 2.00 bits per heavy atom. The summed E-state index contributed by atoms with van der Waals surface area (Å²) in [6, 6.07) is -1.16. The zero-order valence-corrected chi connectivity index (χ0v) is 5.26. The molecule has 0 aromatic rings. The number of halogens is 2. The van der Waals surface area contributed by atoms with Crippen LogP contribution in [-0.2, 0) is 4.79 Å². The van der Waals surface area contributed by atoms with E-state index < -0.39 is 24.9 Å². The molecule has 0 heterocycles. The molecule has 0 rings (SSSR count). The second-order valence-electron chi connectivity index (χ2n) is 1.91. The maximum Gasteiger partial charge on any atom is 0.320 e. The molecule has 0 bridgehead atoms. The van der Waals surface area contributed by atoms with Crippen molar-refractivity contribution in [1.82, 2.24) is 0 Å². The van der Waals surface area contributed by atoms with Crippen LogP contribution in [0.4, 0.5) is 8.78 Å². The molecule has 1 unspecified atom stereocenters. The standard InChI is InChI=1S/C5H9F2NO2/c6-4(7)2-1-3(8)5(9)10/h3-4H,1-2,8H2,(H,9,10). The summed E-state index contributed by atoms with van der Waals surface area (Å²) in [6.45, 7) is 0. The Hall–Kier alpha value is -0.710. The summed E-state index contributed by atoms with van der Waals surface area (Å²) in [5, 5.41) is 8.12. The Morgan fingerprint density at radius 3 is 2.30 bits per heavy atom. The third-order valence-corrected chi connectivity index (χ3v) is 1.01. The van der Waals surface area contributed by atoms with Crippen LogP contribution in [0.2, 0.25) is 0 Å². The first-order chi connectivity index (χ1) is 4.54. The van der Waals surface area contributed by atoms with Gasteiger partial charge >= 0.3 is 5.97 Å². The van der Waals surface area contributed by atoms with Gasteiger partial charge in [-0.25, -0.2) is 8.78 Å². The molecule has 0 amide bonds. The van der Waals surface area contributed by atoms with E-state index in [9.17, 15) is 13.6 Å². The van der Waals surface area contributed by atoms with Crippen molar-refractivity contribution in [2.24, 2.45) is 5.73 Å². The number of hydrogen-bond acceptors (Lipinski definition) is 2.